The Hall–Kier alpha value is -2.73. The average molecular weight is 429 g/mol. The smallest absolute Gasteiger partial charge is 0.224 e. The second kappa shape index (κ2) is 9.28. The molecule has 27 heavy (non-hydrogen) atoms. The van der Waals surface area contributed by atoms with Crippen LogP contribution in [0.3, 0.4) is 0 Å². The van der Waals surface area contributed by atoms with Gasteiger partial charge < -0.3 is 10.1 Å². The van der Waals surface area contributed by atoms with E-state index >= 15 is 0 Å². The lowest BCUT2D eigenvalue weighted by Gasteiger charge is -2.08. The molecule has 0 fully saturated rings. The largest absolute Gasteiger partial charge is 0.487 e. The third-order valence-corrected chi connectivity index (χ3v) is 4.52. The highest BCUT2D eigenvalue weighted by Gasteiger charge is 2.06. The summed E-state index contributed by atoms with van der Waals surface area (Å²) in [6.07, 6.45) is 2.63. The van der Waals surface area contributed by atoms with Crippen molar-refractivity contribution in [3.05, 3.63) is 88.4 Å². The number of hydrogen-bond donors (Lipinski definition) is 1. The number of hydrogen-bond acceptors (Lipinski definition) is 3. The number of aromatic nitrogens is 1. The zero-order valence-electron chi connectivity index (χ0n) is 14.5. The molecule has 0 spiro atoms. The van der Waals surface area contributed by atoms with Crippen molar-refractivity contribution in [1.29, 1.82) is 0 Å². The van der Waals surface area contributed by atoms with E-state index in [-0.39, 0.29) is 5.91 Å². The van der Waals surface area contributed by atoms with Crippen LogP contribution in [0.25, 0.3) is 0 Å². The van der Waals surface area contributed by atoms with Crippen molar-refractivity contribution in [1.82, 2.24) is 4.98 Å². The maximum atomic E-state index is 13.5. The van der Waals surface area contributed by atoms with Crippen LogP contribution in [0.5, 0.6) is 5.75 Å². The molecule has 1 heterocycles. The average Bonchev–Trinajstić information content (AvgIpc) is 2.69. The van der Waals surface area contributed by atoms with Crippen LogP contribution in [0.15, 0.2) is 71.3 Å². The van der Waals surface area contributed by atoms with E-state index in [9.17, 15) is 9.18 Å². The molecular formula is C21H18BrFN2O2. The van der Waals surface area contributed by atoms with Crippen molar-refractivity contribution in [3.8, 4) is 5.75 Å². The molecule has 4 nitrogen and oxygen atoms in total. The van der Waals surface area contributed by atoms with Gasteiger partial charge >= 0.3 is 0 Å². The first-order valence-corrected chi connectivity index (χ1v) is 9.26. The second-order valence-electron chi connectivity index (χ2n) is 5.93. The zero-order chi connectivity index (χ0) is 19.1. The number of pyridine rings is 1. The summed E-state index contributed by atoms with van der Waals surface area (Å²) in [7, 11) is 0. The number of ether oxygens (including phenoxy) is 1. The third-order valence-electron chi connectivity index (χ3n) is 3.88. The van der Waals surface area contributed by atoms with Crippen LogP contribution in [0.2, 0.25) is 0 Å². The van der Waals surface area contributed by atoms with Crippen LogP contribution in [-0.2, 0) is 17.8 Å². The molecule has 0 unspecified atom stereocenters. The highest BCUT2D eigenvalue weighted by Crippen LogP contribution is 2.20. The topological polar surface area (TPSA) is 51.2 Å². The van der Waals surface area contributed by atoms with Crippen LogP contribution < -0.4 is 10.1 Å². The molecule has 0 atom stereocenters. The van der Waals surface area contributed by atoms with Gasteiger partial charge in [0.1, 0.15) is 18.2 Å². The molecule has 0 saturated carbocycles. The van der Waals surface area contributed by atoms with E-state index in [4.69, 9.17) is 4.74 Å². The predicted octanol–water partition coefficient (Wildman–Crippen LogP) is 5.13. The van der Waals surface area contributed by atoms with E-state index in [1.807, 2.05) is 42.5 Å². The monoisotopic (exact) mass is 428 g/mol. The maximum Gasteiger partial charge on any atom is 0.224 e. The van der Waals surface area contributed by atoms with Gasteiger partial charge in [0.25, 0.3) is 0 Å². The van der Waals surface area contributed by atoms with Gasteiger partial charge in [0.15, 0.2) is 0 Å². The first-order chi connectivity index (χ1) is 13.1. The Morgan fingerprint density at radius 3 is 2.63 bits per heavy atom. The van der Waals surface area contributed by atoms with Crippen molar-refractivity contribution in [2.45, 2.75) is 19.4 Å². The minimum Gasteiger partial charge on any atom is -0.487 e. The van der Waals surface area contributed by atoms with Gasteiger partial charge in [0, 0.05) is 18.3 Å². The van der Waals surface area contributed by atoms with Crippen LogP contribution in [0, 0.1) is 5.82 Å². The predicted molar refractivity (Wildman–Crippen MR) is 106 cm³/mol. The molecule has 0 aliphatic carbocycles. The number of carbonyl (C=O) groups is 1. The van der Waals surface area contributed by atoms with Crippen LogP contribution in [-0.4, -0.2) is 10.9 Å². The molecule has 6 heteroatoms. The maximum absolute atomic E-state index is 13.5. The number of rotatable bonds is 7. The number of halogens is 2. The summed E-state index contributed by atoms with van der Waals surface area (Å²) in [5.41, 5.74) is 2.33. The number of anilines is 1. The second-order valence-corrected chi connectivity index (χ2v) is 6.79. The molecule has 1 N–H and O–H groups in total. The van der Waals surface area contributed by atoms with Crippen LogP contribution in [0.4, 0.5) is 10.1 Å². The third kappa shape index (κ3) is 5.89. The summed E-state index contributed by atoms with van der Waals surface area (Å²) in [5, 5.41) is 2.70. The molecule has 0 bridgehead atoms. The fourth-order valence-electron chi connectivity index (χ4n) is 2.45. The highest BCUT2D eigenvalue weighted by molar-refractivity contribution is 9.10. The fourth-order valence-corrected chi connectivity index (χ4v) is 2.69. The van der Waals surface area contributed by atoms with Gasteiger partial charge in [-0.05, 0) is 70.4 Å². The molecule has 0 radical (unpaired) electrons. The van der Waals surface area contributed by atoms with Crippen molar-refractivity contribution >= 4 is 27.5 Å². The minimum atomic E-state index is -0.408. The van der Waals surface area contributed by atoms with Crippen molar-refractivity contribution < 1.29 is 13.9 Å². The number of amides is 1. The molecule has 3 aromatic rings. The Labute approximate surface area is 165 Å². The van der Waals surface area contributed by atoms with Crippen molar-refractivity contribution in [2.75, 3.05) is 5.32 Å². The lowest BCUT2D eigenvalue weighted by Crippen LogP contribution is -2.12. The lowest BCUT2D eigenvalue weighted by molar-refractivity contribution is -0.116. The van der Waals surface area contributed by atoms with Crippen molar-refractivity contribution in [2.24, 2.45) is 0 Å². The quantitative estimate of drug-likeness (QED) is 0.567. The minimum absolute atomic E-state index is 0.160. The number of benzene rings is 2. The Balaban J connectivity index is 1.46. The van der Waals surface area contributed by atoms with Gasteiger partial charge in [-0.25, -0.2) is 4.39 Å². The summed E-state index contributed by atoms with van der Waals surface area (Å²) in [6.45, 7) is 0.409. The molecule has 3 rings (SSSR count). The first kappa shape index (κ1) is 19.0. The Kier molecular flexibility index (Phi) is 6.54. The molecule has 1 aromatic heterocycles. The summed E-state index contributed by atoms with van der Waals surface area (Å²) in [4.78, 5) is 16.2. The number of nitrogens with one attached hydrogen (secondary N) is 1. The normalized spacial score (nSPS) is 10.4. The molecule has 1 amide bonds. The molecule has 2 aromatic carbocycles. The number of carbonyl (C=O) groups excluding carboxylic acids is 1. The summed E-state index contributed by atoms with van der Waals surface area (Å²) in [5.74, 6) is 0.181. The molecular weight excluding hydrogens is 411 g/mol. The van der Waals surface area contributed by atoms with E-state index in [1.54, 1.807) is 18.3 Å². The van der Waals surface area contributed by atoms with E-state index < -0.39 is 5.82 Å². The Bertz CT molecular complexity index is 902. The first-order valence-electron chi connectivity index (χ1n) is 8.47. The standard InChI is InChI=1S/C21H18BrFN2O2/c22-19-10-7-16(13-20(19)23)25-21(26)11-6-15-4-8-18(9-5-15)27-14-17-3-1-2-12-24-17/h1-5,7-10,12-13H,6,11,14H2,(H,25,26). The van der Waals surface area contributed by atoms with Gasteiger partial charge in [-0.15, -0.1) is 0 Å². The Morgan fingerprint density at radius 1 is 1.11 bits per heavy atom. The molecule has 138 valence electrons. The van der Waals surface area contributed by atoms with E-state index in [2.05, 4.69) is 26.2 Å². The zero-order valence-corrected chi connectivity index (χ0v) is 16.1. The summed E-state index contributed by atoms with van der Waals surface area (Å²) in [6, 6.07) is 17.8. The van der Waals surface area contributed by atoms with Crippen LogP contribution >= 0.6 is 15.9 Å². The van der Waals surface area contributed by atoms with Gasteiger partial charge in [-0.3, -0.25) is 9.78 Å². The van der Waals surface area contributed by atoms with Gasteiger partial charge in [-0.1, -0.05) is 18.2 Å². The lowest BCUT2D eigenvalue weighted by atomic mass is 10.1. The number of nitrogens with zero attached hydrogens (tertiary/aromatic N) is 1. The molecule has 0 aliphatic heterocycles. The SMILES string of the molecule is O=C(CCc1ccc(OCc2ccccn2)cc1)Nc1ccc(Br)c(F)c1. The van der Waals surface area contributed by atoms with Gasteiger partial charge in [0.05, 0.1) is 10.2 Å². The molecule has 0 saturated heterocycles. The van der Waals surface area contributed by atoms with Gasteiger partial charge in [0.2, 0.25) is 5.91 Å². The Morgan fingerprint density at radius 2 is 1.93 bits per heavy atom. The van der Waals surface area contributed by atoms with E-state index in [0.29, 0.717) is 29.6 Å². The summed E-state index contributed by atoms with van der Waals surface area (Å²) < 4.78 is 19.5. The van der Waals surface area contributed by atoms with Crippen molar-refractivity contribution in [3.63, 3.8) is 0 Å². The van der Waals surface area contributed by atoms with Crippen LogP contribution in [0.1, 0.15) is 17.7 Å². The fraction of sp³-hybridized carbons (Fsp3) is 0.143. The number of aryl methyl sites for hydroxylation is 1. The van der Waals surface area contributed by atoms with E-state index in [0.717, 1.165) is 17.0 Å². The van der Waals surface area contributed by atoms with Gasteiger partial charge in [-0.2, -0.15) is 0 Å². The highest BCUT2D eigenvalue weighted by atomic mass is 79.9. The van der Waals surface area contributed by atoms with E-state index in [1.165, 1.54) is 6.07 Å². The molecule has 0 aliphatic rings. The summed E-state index contributed by atoms with van der Waals surface area (Å²) >= 11 is 3.09.